The number of hydrogen-bond donors (Lipinski definition) is 3. The number of carbonyl (C=O) groups is 2. The first kappa shape index (κ1) is 30.7. The van der Waals surface area contributed by atoms with Gasteiger partial charge in [-0.1, -0.05) is 91.0 Å². The molecule has 3 N–H and O–H groups in total. The van der Waals surface area contributed by atoms with Crippen molar-refractivity contribution < 1.29 is 19.8 Å². The lowest BCUT2D eigenvalue weighted by molar-refractivity contribution is -0.133. The number of hydrogen-bond acceptors (Lipinski definition) is 5. The van der Waals surface area contributed by atoms with Gasteiger partial charge in [-0.25, -0.2) is 0 Å². The lowest BCUT2D eigenvalue weighted by Crippen LogP contribution is -2.43. The highest BCUT2D eigenvalue weighted by atomic mass is 16.3. The summed E-state index contributed by atoms with van der Waals surface area (Å²) in [7, 11) is 0. The van der Waals surface area contributed by atoms with Crippen LogP contribution in [0.1, 0.15) is 46.7 Å². The molecular formula is C38H41N3O4. The van der Waals surface area contributed by atoms with E-state index < -0.39 is 24.2 Å². The first-order chi connectivity index (χ1) is 21.9. The summed E-state index contributed by atoms with van der Waals surface area (Å²) < 4.78 is 0. The van der Waals surface area contributed by atoms with Crippen molar-refractivity contribution in [1.82, 2.24) is 15.2 Å². The molecule has 2 aliphatic rings. The lowest BCUT2D eigenvalue weighted by Gasteiger charge is -2.29. The predicted molar refractivity (Wildman–Crippen MR) is 173 cm³/mol. The van der Waals surface area contributed by atoms with Gasteiger partial charge < -0.3 is 20.4 Å². The molecule has 1 aliphatic heterocycles. The van der Waals surface area contributed by atoms with Crippen molar-refractivity contribution in [3.63, 3.8) is 0 Å². The largest absolute Gasteiger partial charge is 0.391 e. The zero-order valence-electron chi connectivity index (χ0n) is 25.4. The minimum Gasteiger partial charge on any atom is -0.391 e. The molecule has 4 aromatic rings. The van der Waals surface area contributed by atoms with Gasteiger partial charge in [-0.15, -0.1) is 0 Å². The molecule has 0 unspecified atom stereocenters. The van der Waals surface area contributed by atoms with Crippen LogP contribution in [-0.4, -0.2) is 56.7 Å². The number of amides is 2. The highest BCUT2D eigenvalue weighted by Crippen LogP contribution is 2.33. The number of nitrogens with one attached hydrogen (secondary N) is 1. The van der Waals surface area contributed by atoms with E-state index in [1.54, 1.807) is 6.20 Å². The number of rotatable bonds is 12. The number of β-amino-alcohol motifs (C(OH)–C–C–N with tert-alkyl or cyclic N) is 1. The SMILES string of the molecule is O=C(N[C@H]1c2ccccc2C[C@H]1O)[C@@H](Cc1ccccc1)C[C@H](O)CN1C(=O)[C@H](Cc2cccnc2)C[C@@H]1Cc1ccccc1. The smallest absolute Gasteiger partial charge is 0.226 e. The quantitative estimate of drug-likeness (QED) is 0.222. The Kier molecular flexibility index (Phi) is 9.67. The fourth-order valence-electron chi connectivity index (χ4n) is 7.09. The summed E-state index contributed by atoms with van der Waals surface area (Å²) in [6.45, 7) is 0.160. The summed E-state index contributed by atoms with van der Waals surface area (Å²) >= 11 is 0. The number of nitrogens with zero attached hydrogens (tertiary/aromatic N) is 2. The normalized spacial score (nSPS) is 22.2. The minimum absolute atomic E-state index is 0.0357. The van der Waals surface area contributed by atoms with Crippen LogP contribution in [0.5, 0.6) is 0 Å². The molecule has 3 aromatic carbocycles. The first-order valence-electron chi connectivity index (χ1n) is 16.0. The van der Waals surface area contributed by atoms with Crippen LogP contribution in [0, 0.1) is 11.8 Å². The van der Waals surface area contributed by atoms with Crippen molar-refractivity contribution in [2.75, 3.05) is 6.54 Å². The molecule has 6 rings (SSSR count). The second kappa shape index (κ2) is 14.2. The van der Waals surface area contributed by atoms with E-state index in [9.17, 15) is 19.8 Å². The maximum atomic E-state index is 13.8. The summed E-state index contributed by atoms with van der Waals surface area (Å²) in [6.07, 6.45) is 5.08. The Balaban J connectivity index is 1.18. The summed E-state index contributed by atoms with van der Waals surface area (Å²) in [5.74, 6) is -0.906. The van der Waals surface area contributed by atoms with Gasteiger partial charge in [-0.05, 0) is 66.0 Å². The Bertz CT molecular complexity index is 1570. The molecule has 2 heterocycles. The molecule has 7 heteroatoms. The summed E-state index contributed by atoms with van der Waals surface area (Å²) in [6, 6.07) is 31.1. The highest BCUT2D eigenvalue weighted by molar-refractivity contribution is 5.82. The number of fused-ring (bicyclic) bond motifs is 1. The van der Waals surface area contributed by atoms with Crippen LogP contribution in [0.15, 0.2) is 109 Å². The van der Waals surface area contributed by atoms with Gasteiger partial charge in [-0.3, -0.25) is 14.6 Å². The Hall–Kier alpha value is -4.33. The van der Waals surface area contributed by atoms with Crippen molar-refractivity contribution in [2.24, 2.45) is 11.8 Å². The Morgan fingerprint density at radius 3 is 2.31 bits per heavy atom. The average Bonchev–Trinajstić information content (AvgIpc) is 3.52. The topological polar surface area (TPSA) is 103 Å². The summed E-state index contributed by atoms with van der Waals surface area (Å²) in [4.78, 5) is 33.7. The molecule has 2 amide bonds. The molecule has 1 saturated heterocycles. The van der Waals surface area contributed by atoms with E-state index >= 15 is 0 Å². The number of aliphatic hydroxyl groups excluding tert-OH is 2. The number of likely N-dealkylation sites (tertiary alicyclic amines) is 1. The van der Waals surface area contributed by atoms with Crippen LogP contribution in [0.3, 0.4) is 0 Å². The number of carbonyl (C=O) groups excluding carboxylic acids is 2. The summed E-state index contributed by atoms with van der Waals surface area (Å²) in [5, 5.41) is 25.4. The maximum absolute atomic E-state index is 13.8. The molecule has 7 nitrogen and oxygen atoms in total. The third-order valence-electron chi connectivity index (χ3n) is 9.31. The number of benzene rings is 3. The second-order valence-electron chi connectivity index (χ2n) is 12.6. The third kappa shape index (κ3) is 7.49. The average molecular weight is 604 g/mol. The fraction of sp³-hybridized carbons (Fsp3) is 0.342. The van der Waals surface area contributed by atoms with Crippen molar-refractivity contribution in [3.05, 3.63) is 137 Å². The van der Waals surface area contributed by atoms with Gasteiger partial charge in [0, 0.05) is 43.2 Å². The van der Waals surface area contributed by atoms with Gasteiger partial charge in [0.05, 0.1) is 18.2 Å². The van der Waals surface area contributed by atoms with Gasteiger partial charge in [0.2, 0.25) is 11.8 Å². The molecule has 1 fully saturated rings. The highest BCUT2D eigenvalue weighted by Gasteiger charge is 2.41. The van der Waals surface area contributed by atoms with Crippen molar-refractivity contribution >= 4 is 11.8 Å². The predicted octanol–water partition coefficient (Wildman–Crippen LogP) is 4.47. The number of pyridine rings is 1. The van der Waals surface area contributed by atoms with Crippen molar-refractivity contribution in [3.8, 4) is 0 Å². The van der Waals surface area contributed by atoms with Crippen molar-refractivity contribution in [1.29, 1.82) is 0 Å². The molecular weight excluding hydrogens is 562 g/mol. The fourth-order valence-corrected chi connectivity index (χ4v) is 7.09. The minimum atomic E-state index is -0.899. The van der Waals surface area contributed by atoms with Crippen LogP contribution in [0.25, 0.3) is 0 Å². The van der Waals surface area contributed by atoms with Gasteiger partial charge in [0.25, 0.3) is 0 Å². The van der Waals surface area contributed by atoms with E-state index in [4.69, 9.17) is 0 Å². The monoisotopic (exact) mass is 603 g/mol. The van der Waals surface area contributed by atoms with E-state index in [-0.39, 0.29) is 36.7 Å². The Morgan fingerprint density at radius 2 is 1.58 bits per heavy atom. The van der Waals surface area contributed by atoms with E-state index in [1.807, 2.05) is 96.0 Å². The summed E-state index contributed by atoms with van der Waals surface area (Å²) in [5.41, 5.74) is 5.13. The Morgan fingerprint density at radius 1 is 0.889 bits per heavy atom. The van der Waals surface area contributed by atoms with Crippen LogP contribution in [-0.2, 0) is 35.3 Å². The zero-order valence-corrected chi connectivity index (χ0v) is 25.4. The molecule has 232 valence electrons. The van der Waals surface area contributed by atoms with Crippen LogP contribution >= 0.6 is 0 Å². The van der Waals surface area contributed by atoms with Crippen LogP contribution < -0.4 is 5.32 Å². The molecule has 0 bridgehead atoms. The molecule has 0 spiro atoms. The first-order valence-corrected chi connectivity index (χ1v) is 16.0. The molecule has 1 aliphatic carbocycles. The van der Waals surface area contributed by atoms with Gasteiger partial charge >= 0.3 is 0 Å². The number of aromatic nitrogens is 1. The lowest BCUT2D eigenvalue weighted by atomic mass is 9.91. The second-order valence-corrected chi connectivity index (χ2v) is 12.6. The van der Waals surface area contributed by atoms with E-state index in [0.29, 0.717) is 32.1 Å². The molecule has 45 heavy (non-hydrogen) atoms. The van der Waals surface area contributed by atoms with Crippen LogP contribution in [0.2, 0.25) is 0 Å². The molecule has 6 atom stereocenters. The molecule has 1 aromatic heterocycles. The van der Waals surface area contributed by atoms with Crippen molar-refractivity contribution in [2.45, 2.75) is 62.8 Å². The van der Waals surface area contributed by atoms with Gasteiger partial charge in [0.15, 0.2) is 0 Å². The maximum Gasteiger partial charge on any atom is 0.226 e. The number of aliphatic hydroxyl groups is 2. The van der Waals surface area contributed by atoms with Gasteiger partial charge in [0.1, 0.15) is 0 Å². The van der Waals surface area contributed by atoms with Crippen LogP contribution in [0.4, 0.5) is 0 Å². The standard InChI is InChI=1S/C38H41N3O4/c42-33(25-41-32(20-27-12-5-2-6-13-27)21-31(38(41)45)19-28-14-9-17-39-24-28)22-30(18-26-10-3-1-4-11-26)37(44)40-36-34-16-8-7-15-29(34)23-35(36)43/h1-17,24,30-33,35-36,42-43H,18-23,25H2,(H,40,44)/t30-,31+,32-,33-,35+,36-/m0/s1. The van der Waals surface area contributed by atoms with E-state index in [2.05, 4.69) is 22.4 Å². The van der Waals surface area contributed by atoms with E-state index in [0.717, 1.165) is 27.8 Å². The zero-order chi connectivity index (χ0) is 31.2. The van der Waals surface area contributed by atoms with E-state index in [1.165, 1.54) is 0 Å². The molecule has 0 saturated carbocycles. The third-order valence-corrected chi connectivity index (χ3v) is 9.31. The Labute approximate surface area is 265 Å². The van der Waals surface area contributed by atoms with Gasteiger partial charge in [-0.2, -0.15) is 0 Å². The molecule has 0 radical (unpaired) electrons.